The van der Waals surface area contributed by atoms with E-state index < -0.39 is 5.91 Å². The number of carbonyl (C=O) groups is 2. The third-order valence-corrected chi connectivity index (χ3v) is 3.26. The van der Waals surface area contributed by atoms with Gasteiger partial charge in [-0.05, 0) is 18.2 Å². The monoisotopic (exact) mass is 321 g/mol. The van der Waals surface area contributed by atoms with Crippen LogP contribution in [-0.2, 0) is 4.79 Å². The standard InChI is InChI=1S/C18H15N3O3/c1-12(22)20-14-8-5-9-15(10-14)21-18(23)17-16(19-11-24-17)13-6-3-2-4-7-13/h2-11H,1H3,(H,20,22)(H,21,23). The average molecular weight is 321 g/mol. The molecule has 0 saturated carbocycles. The maximum Gasteiger partial charge on any atom is 0.293 e. The molecule has 2 N–H and O–H groups in total. The van der Waals surface area contributed by atoms with Gasteiger partial charge < -0.3 is 15.1 Å². The number of aromatic nitrogens is 1. The van der Waals surface area contributed by atoms with Crippen LogP contribution in [0.4, 0.5) is 11.4 Å². The Balaban J connectivity index is 1.82. The molecule has 0 bridgehead atoms. The first-order valence-corrected chi connectivity index (χ1v) is 7.31. The van der Waals surface area contributed by atoms with Crippen molar-refractivity contribution < 1.29 is 14.0 Å². The lowest BCUT2D eigenvalue weighted by atomic mass is 10.1. The highest BCUT2D eigenvalue weighted by molar-refractivity contribution is 6.06. The van der Waals surface area contributed by atoms with Crippen molar-refractivity contribution in [3.63, 3.8) is 0 Å². The summed E-state index contributed by atoms with van der Waals surface area (Å²) in [6, 6.07) is 16.2. The molecule has 120 valence electrons. The predicted molar refractivity (Wildman–Crippen MR) is 90.6 cm³/mol. The summed E-state index contributed by atoms with van der Waals surface area (Å²) in [5.41, 5.74) is 2.41. The first-order valence-electron chi connectivity index (χ1n) is 7.31. The molecule has 24 heavy (non-hydrogen) atoms. The molecule has 0 unspecified atom stereocenters. The van der Waals surface area contributed by atoms with Crippen LogP contribution in [-0.4, -0.2) is 16.8 Å². The third kappa shape index (κ3) is 3.49. The Bertz CT molecular complexity index is 872. The molecular weight excluding hydrogens is 306 g/mol. The maximum absolute atomic E-state index is 12.5. The average Bonchev–Trinajstić information content (AvgIpc) is 3.05. The van der Waals surface area contributed by atoms with Crippen LogP contribution in [0.5, 0.6) is 0 Å². The minimum Gasteiger partial charge on any atom is -0.438 e. The molecule has 3 rings (SSSR count). The second-order valence-corrected chi connectivity index (χ2v) is 5.11. The van der Waals surface area contributed by atoms with E-state index in [1.165, 1.54) is 13.3 Å². The maximum atomic E-state index is 12.5. The Morgan fingerprint density at radius 3 is 2.38 bits per heavy atom. The number of hydrogen-bond donors (Lipinski definition) is 2. The predicted octanol–water partition coefficient (Wildman–Crippen LogP) is 3.55. The molecule has 2 amide bonds. The molecule has 0 aliphatic rings. The molecule has 6 heteroatoms. The van der Waals surface area contributed by atoms with Gasteiger partial charge in [0.1, 0.15) is 5.69 Å². The molecule has 0 radical (unpaired) electrons. The molecule has 1 heterocycles. The van der Waals surface area contributed by atoms with E-state index in [4.69, 9.17) is 4.42 Å². The fourth-order valence-electron chi connectivity index (χ4n) is 2.27. The number of benzene rings is 2. The van der Waals surface area contributed by atoms with Crippen LogP contribution in [0.2, 0.25) is 0 Å². The summed E-state index contributed by atoms with van der Waals surface area (Å²) in [7, 11) is 0. The highest BCUT2D eigenvalue weighted by Crippen LogP contribution is 2.23. The second-order valence-electron chi connectivity index (χ2n) is 5.11. The zero-order chi connectivity index (χ0) is 16.9. The molecule has 0 saturated heterocycles. The summed E-state index contributed by atoms with van der Waals surface area (Å²) in [6.45, 7) is 1.42. The summed E-state index contributed by atoms with van der Waals surface area (Å²) in [6.07, 6.45) is 1.24. The summed E-state index contributed by atoms with van der Waals surface area (Å²) in [5.74, 6) is -0.461. The number of nitrogens with one attached hydrogen (secondary N) is 2. The smallest absolute Gasteiger partial charge is 0.293 e. The van der Waals surface area contributed by atoms with Crippen molar-refractivity contribution in [1.29, 1.82) is 0 Å². The number of rotatable bonds is 4. The summed E-state index contributed by atoms with van der Waals surface area (Å²) in [4.78, 5) is 27.7. The lowest BCUT2D eigenvalue weighted by Crippen LogP contribution is -2.13. The van der Waals surface area contributed by atoms with Gasteiger partial charge in [0.15, 0.2) is 6.39 Å². The van der Waals surface area contributed by atoms with Gasteiger partial charge in [-0.15, -0.1) is 0 Å². The van der Waals surface area contributed by atoms with Crippen LogP contribution in [0.1, 0.15) is 17.5 Å². The highest BCUT2D eigenvalue weighted by atomic mass is 16.3. The van der Waals surface area contributed by atoms with Gasteiger partial charge in [0.05, 0.1) is 0 Å². The van der Waals surface area contributed by atoms with Gasteiger partial charge in [-0.25, -0.2) is 4.98 Å². The molecule has 1 aromatic heterocycles. The van der Waals surface area contributed by atoms with Gasteiger partial charge in [-0.2, -0.15) is 0 Å². The molecule has 0 spiro atoms. The first-order chi connectivity index (χ1) is 11.6. The molecule has 2 aromatic carbocycles. The zero-order valence-corrected chi connectivity index (χ0v) is 12.9. The van der Waals surface area contributed by atoms with Crippen LogP contribution in [0.25, 0.3) is 11.3 Å². The second kappa shape index (κ2) is 6.78. The van der Waals surface area contributed by atoms with E-state index in [1.807, 2.05) is 30.3 Å². The topological polar surface area (TPSA) is 84.2 Å². The van der Waals surface area contributed by atoms with Crippen molar-refractivity contribution in [1.82, 2.24) is 4.98 Å². The summed E-state index contributed by atoms with van der Waals surface area (Å²) < 4.78 is 5.25. The minimum absolute atomic E-state index is 0.131. The largest absolute Gasteiger partial charge is 0.438 e. The van der Waals surface area contributed by atoms with E-state index >= 15 is 0 Å². The van der Waals surface area contributed by atoms with Crippen LogP contribution >= 0.6 is 0 Å². The molecule has 3 aromatic rings. The number of oxazole rings is 1. The Hall–Kier alpha value is -3.41. The van der Waals surface area contributed by atoms with E-state index in [0.29, 0.717) is 17.1 Å². The Morgan fingerprint density at radius 2 is 1.67 bits per heavy atom. The highest BCUT2D eigenvalue weighted by Gasteiger charge is 2.18. The van der Waals surface area contributed by atoms with Crippen LogP contribution < -0.4 is 10.6 Å². The fraction of sp³-hybridized carbons (Fsp3) is 0.0556. The molecular formula is C18H15N3O3. The third-order valence-electron chi connectivity index (χ3n) is 3.26. The van der Waals surface area contributed by atoms with Crippen molar-refractivity contribution in [2.24, 2.45) is 0 Å². The zero-order valence-electron chi connectivity index (χ0n) is 12.9. The normalized spacial score (nSPS) is 10.2. The van der Waals surface area contributed by atoms with Crippen LogP contribution in [0, 0.1) is 0 Å². The van der Waals surface area contributed by atoms with E-state index in [1.54, 1.807) is 24.3 Å². The van der Waals surface area contributed by atoms with Crippen LogP contribution in [0.3, 0.4) is 0 Å². The lowest BCUT2D eigenvalue weighted by Gasteiger charge is -2.07. The van der Waals surface area contributed by atoms with Gasteiger partial charge in [-0.1, -0.05) is 36.4 Å². The quantitative estimate of drug-likeness (QED) is 0.769. The van der Waals surface area contributed by atoms with Gasteiger partial charge in [-0.3, -0.25) is 9.59 Å². The van der Waals surface area contributed by atoms with E-state index in [0.717, 1.165) is 5.56 Å². The van der Waals surface area contributed by atoms with Crippen molar-refractivity contribution in [2.45, 2.75) is 6.92 Å². The first kappa shape index (κ1) is 15.5. The van der Waals surface area contributed by atoms with Crippen molar-refractivity contribution in [2.75, 3.05) is 10.6 Å². The SMILES string of the molecule is CC(=O)Nc1cccc(NC(=O)c2ocnc2-c2ccccc2)c1. The molecule has 0 aliphatic heterocycles. The molecule has 6 nitrogen and oxygen atoms in total. The Labute approximate surface area is 138 Å². The summed E-state index contributed by atoms with van der Waals surface area (Å²) >= 11 is 0. The molecule has 0 fully saturated rings. The molecule has 0 atom stereocenters. The van der Waals surface area contributed by atoms with E-state index in [9.17, 15) is 9.59 Å². The van der Waals surface area contributed by atoms with Crippen molar-refractivity contribution in [3.8, 4) is 11.3 Å². The minimum atomic E-state index is -0.411. The number of hydrogen-bond acceptors (Lipinski definition) is 4. The number of nitrogens with zero attached hydrogens (tertiary/aromatic N) is 1. The van der Waals surface area contributed by atoms with Crippen molar-refractivity contribution in [3.05, 3.63) is 66.8 Å². The lowest BCUT2D eigenvalue weighted by molar-refractivity contribution is -0.114. The fourth-order valence-corrected chi connectivity index (χ4v) is 2.27. The van der Waals surface area contributed by atoms with Crippen LogP contribution in [0.15, 0.2) is 65.4 Å². The number of carbonyl (C=O) groups excluding carboxylic acids is 2. The van der Waals surface area contributed by atoms with Gasteiger partial charge in [0.2, 0.25) is 11.7 Å². The van der Waals surface area contributed by atoms with E-state index in [2.05, 4.69) is 15.6 Å². The van der Waals surface area contributed by atoms with Gasteiger partial charge in [0, 0.05) is 23.9 Å². The number of anilines is 2. The van der Waals surface area contributed by atoms with Gasteiger partial charge >= 0.3 is 0 Å². The molecule has 0 aliphatic carbocycles. The Kier molecular flexibility index (Phi) is 4.38. The van der Waals surface area contributed by atoms with Crippen molar-refractivity contribution >= 4 is 23.2 Å². The number of amides is 2. The Morgan fingerprint density at radius 1 is 0.958 bits per heavy atom. The summed E-state index contributed by atoms with van der Waals surface area (Å²) in [5, 5.41) is 5.41. The van der Waals surface area contributed by atoms with Gasteiger partial charge in [0.25, 0.3) is 5.91 Å². The van der Waals surface area contributed by atoms with E-state index in [-0.39, 0.29) is 11.7 Å².